The Morgan fingerprint density at radius 2 is 2.40 bits per heavy atom. The third kappa shape index (κ3) is 1.50. The molecule has 1 heterocycles. The van der Waals surface area contributed by atoms with Gasteiger partial charge in [-0.15, -0.1) is 0 Å². The standard InChI is InChI=1S/C6H6INO2/c1-8-6(9)4-2-3-5(7)10-4/h2-3H,1H3,(H,8,9). The number of amides is 1. The molecule has 0 saturated heterocycles. The van der Waals surface area contributed by atoms with E-state index in [0.717, 1.165) is 3.77 Å². The van der Waals surface area contributed by atoms with Crippen LogP contribution in [0.4, 0.5) is 0 Å². The molecular weight excluding hydrogens is 245 g/mol. The monoisotopic (exact) mass is 251 g/mol. The molecule has 0 spiro atoms. The summed E-state index contributed by atoms with van der Waals surface area (Å²) in [4.78, 5) is 10.8. The molecule has 0 unspecified atom stereocenters. The molecule has 4 heteroatoms. The van der Waals surface area contributed by atoms with Gasteiger partial charge in [0.15, 0.2) is 9.53 Å². The van der Waals surface area contributed by atoms with Crippen LogP contribution < -0.4 is 5.32 Å². The molecular formula is C6H6INO2. The summed E-state index contributed by atoms with van der Waals surface area (Å²) in [6, 6.07) is 3.38. The van der Waals surface area contributed by atoms with E-state index in [0.29, 0.717) is 5.76 Å². The molecule has 1 rings (SSSR count). The molecule has 1 N–H and O–H groups in total. The van der Waals surface area contributed by atoms with Gasteiger partial charge in [0.25, 0.3) is 5.91 Å². The van der Waals surface area contributed by atoms with Crippen LogP contribution >= 0.6 is 22.6 Å². The smallest absolute Gasteiger partial charge is 0.286 e. The molecule has 0 bridgehead atoms. The summed E-state index contributed by atoms with van der Waals surface area (Å²) in [6.07, 6.45) is 0. The fourth-order valence-electron chi connectivity index (χ4n) is 0.560. The Labute approximate surface area is 71.9 Å². The van der Waals surface area contributed by atoms with Gasteiger partial charge in [-0.25, -0.2) is 0 Å². The molecule has 0 radical (unpaired) electrons. The second-order valence-electron chi connectivity index (χ2n) is 1.68. The van der Waals surface area contributed by atoms with Gasteiger partial charge in [0.2, 0.25) is 0 Å². The molecule has 10 heavy (non-hydrogen) atoms. The highest BCUT2D eigenvalue weighted by Gasteiger charge is 2.06. The van der Waals surface area contributed by atoms with Crippen LogP contribution in [0.1, 0.15) is 10.6 Å². The Bertz CT molecular complexity index is 244. The largest absolute Gasteiger partial charge is 0.445 e. The van der Waals surface area contributed by atoms with Crippen molar-refractivity contribution in [3.8, 4) is 0 Å². The van der Waals surface area contributed by atoms with E-state index in [2.05, 4.69) is 5.32 Å². The van der Waals surface area contributed by atoms with E-state index >= 15 is 0 Å². The van der Waals surface area contributed by atoms with E-state index in [1.54, 1.807) is 19.2 Å². The van der Waals surface area contributed by atoms with E-state index in [1.807, 2.05) is 22.6 Å². The van der Waals surface area contributed by atoms with Crippen LogP contribution in [-0.2, 0) is 0 Å². The Morgan fingerprint density at radius 1 is 1.70 bits per heavy atom. The van der Waals surface area contributed by atoms with Gasteiger partial charge >= 0.3 is 0 Å². The highest BCUT2D eigenvalue weighted by atomic mass is 127. The van der Waals surface area contributed by atoms with Crippen molar-refractivity contribution in [3.63, 3.8) is 0 Å². The summed E-state index contributed by atoms with van der Waals surface area (Å²) in [5.74, 6) is 0.162. The first-order chi connectivity index (χ1) is 4.74. The van der Waals surface area contributed by atoms with E-state index in [9.17, 15) is 4.79 Å². The molecule has 0 saturated carbocycles. The van der Waals surface area contributed by atoms with Gasteiger partial charge in [0.1, 0.15) is 0 Å². The fourth-order valence-corrected chi connectivity index (χ4v) is 0.977. The molecule has 0 aliphatic rings. The number of hydrogen-bond donors (Lipinski definition) is 1. The number of carbonyl (C=O) groups excluding carboxylic acids is 1. The molecule has 0 atom stereocenters. The number of nitrogens with one attached hydrogen (secondary N) is 1. The molecule has 0 aliphatic carbocycles. The van der Waals surface area contributed by atoms with Crippen molar-refractivity contribution in [3.05, 3.63) is 21.7 Å². The second-order valence-corrected chi connectivity index (χ2v) is 2.75. The topological polar surface area (TPSA) is 42.2 Å². The van der Waals surface area contributed by atoms with Crippen LogP contribution in [0, 0.1) is 3.77 Å². The second kappa shape index (κ2) is 3.05. The van der Waals surface area contributed by atoms with Crippen molar-refractivity contribution in [2.75, 3.05) is 7.05 Å². The number of carbonyl (C=O) groups is 1. The zero-order valence-electron chi connectivity index (χ0n) is 5.35. The van der Waals surface area contributed by atoms with Crippen molar-refractivity contribution >= 4 is 28.5 Å². The van der Waals surface area contributed by atoms with Gasteiger partial charge in [0, 0.05) is 7.05 Å². The molecule has 1 aromatic rings. The van der Waals surface area contributed by atoms with E-state index in [1.165, 1.54) is 0 Å². The van der Waals surface area contributed by atoms with Crippen molar-refractivity contribution in [2.45, 2.75) is 0 Å². The number of hydrogen-bond acceptors (Lipinski definition) is 2. The van der Waals surface area contributed by atoms with E-state index < -0.39 is 0 Å². The average Bonchev–Trinajstić information content (AvgIpc) is 2.34. The van der Waals surface area contributed by atoms with Crippen molar-refractivity contribution < 1.29 is 9.21 Å². The summed E-state index contributed by atoms with van der Waals surface area (Å²) in [7, 11) is 1.57. The van der Waals surface area contributed by atoms with Gasteiger partial charge in [-0.05, 0) is 34.7 Å². The zero-order valence-corrected chi connectivity index (χ0v) is 7.51. The number of furan rings is 1. The lowest BCUT2D eigenvalue weighted by molar-refractivity contribution is 0.0934. The first-order valence-electron chi connectivity index (χ1n) is 2.71. The SMILES string of the molecule is CNC(=O)c1ccc(I)o1. The van der Waals surface area contributed by atoms with Crippen LogP contribution in [0.2, 0.25) is 0 Å². The Kier molecular flexibility index (Phi) is 2.31. The highest BCUT2D eigenvalue weighted by molar-refractivity contribution is 14.1. The molecule has 54 valence electrons. The lowest BCUT2D eigenvalue weighted by Crippen LogP contribution is -2.16. The van der Waals surface area contributed by atoms with Gasteiger partial charge in [-0.3, -0.25) is 4.79 Å². The molecule has 3 nitrogen and oxygen atoms in total. The summed E-state index contributed by atoms with van der Waals surface area (Å²) < 4.78 is 5.73. The Morgan fingerprint density at radius 3 is 2.80 bits per heavy atom. The highest BCUT2D eigenvalue weighted by Crippen LogP contribution is 2.09. The fraction of sp³-hybridized carbons (Fsp3) is 0.167. The Hall–Kier alpha value is -0.520. The summed E-state index contributed by atoms with van der Waals surface area (Å²) in [5, 5.41) is 2.46. The van der Waals surface area contributed by atoms with Crippen molar-refractivity contribution in [1.29, 1.82) is 0 Å². The lowest BCUT2D eigenvalue weighted by Gasteiger charge is -1.90. The van der Waals surface area contributed by atoms with Crippen LogP contribution in [0.5, 0.6) is 0 Å². The predicted octanol–water partition coefficient (Wildman–Crippen LogP) is 1.24. The first-order valence-corrected chi connectivity index (χ1v) is 3.79. The number of rotatable bonds is 1. The minimum absolute atomic E-state index is 0.192. The van der Waals surface area contributed by atoms with E-state index in [-0.39, 0.29) is 5.91 Å². The zero-order chi connectivity index (χ0) is 7.56. The number of halogens is 1. The van der Waals surface area contributed by atoms with Crippen LogP contribution in [-0.4, -0.2) is 13.0 Å². The maximum atomic E-state index is 10.8. The maximum Gasteiger partial charge on any atom is 0.286 e. The van der Waals surface area contributed by atoms with Crippen molar-refractivity contribution in [2.24, 2.45) is 0 Å². The molecule has 0 aromatic carbocycles. The maximum absolute atomic E-state index is 10.8. The minimum atomic E-state index is -0.192. The quantitative estimate of drug-likeness (QED) is 0.763. The van der Waals surface area contributed by atoms with Gasteiger partial charge in [-0.1, -0.05) is 0 Å². The normalized spacial score (nSPS) is 9.40. The van der Waals surface area contributed by atoms with Gasteiger partial charge < -0.3 is 9.73 Å². The molecule has 1 amide bonds. The van der Waals surface area contributed by atoms with Crippen LogP contribution in [0.3, 0.4) is 0 Å². The molecule has 0 aliphatic heterocycles. The lowest BCUT2D eigenvalue weighted by atomic mass is 10.4. The summed E-state index contributed by atoms with van der Waals surface area (Å²) in [6.45, 7) is 0. The first kappa shape index (κ1) is 7.59. The molecule has 0 fully saturated rings. The third-order valence-electron chi connectivity index (χ3n) is 1.02. The molecule has 1 aromatic heterocycles. The minimum Gasteiger partial charge on any atom is -0.445 e. The van der Waals surface area contributed by atoms with E-state index in [4.69, 9.17) is 4.42 Å². The Balaban J connectivity index is 2.85. The summed E-state index contributed by atoms with van der Waals surface area (Å²) in [5.41, 5.74) is 0. The van der Waals surface area contributed by atoms with Crippen molar-refractivity contribution in [1.82, 2.24) is 5.32 Å². The predicted molar refractivity (Wildman–Crippen MR) is 44.8 cm³/mol. The van der Waals surface area contributed by atoms with Gasteiger partial charge in [-0.2, -0.15) is 0 Å². The summed E-state index contributed by atoms with van der Waals surface area (Å²) >= 11 is 2.00. The average molecular weight is 251 g/mol. The van der Waals surface area contributed by atoms with Crippen LogP contribution in [0.15, 0.2) is 16.5 Å². The van der Waals surface area contributed by atoms with Gasteiger partial charge in [0.05, 0.1) is 0 Å². The third-order valence-corrected chi connectivity index (χ3v) is 1.60. The van der Waals surface area contributed by atoms with Crippen LogP contribution in [0.25, 0.3) is 0 Å².